The van der Waals surface area contributed by atoms with Crippen LogP contribution in [0.25, 0.3) is 0 Å². The Labute approximate surface area is 131 Å². The number of hydrogen-bond donors (Lipinski definition) is 1. The van der Waals surface area contributed by atoms with Crippen molar-refractivity contribution in [3.05, 3.63) is 34.9 Å². The summed E-state index contributed by atoms with van der Waals surface area (Å²) >= 11 is 0. The van der Waals surface area contributed by atoms with Gasteiger partial charge in [-0.1, -0.05) is 0 Å². The lowest BCUT2D eigenvalue weighted by atomic mass is 10.0. The first-order valence-electron chi connectivity index (χ1n) is 7.15. The Kier molecular flexibility index (Phi) is 4.84. The second-order valence-electron chi connectivity index (χ2n) is 6.28. The van der Waals surface area contributed by atoms with E-state index in [0.717, 1.165) is 4.90 Å². The van der Waals surface area contributed by atoms with Crippen LogP contribution in [0.2, 0.25) is 0 Å². The van der Waals surface area contributed by atoms with Crippen LogP contribution in [-0.2, 0) is 4.74 Å². The lowest BCUT2D eigenvalue weighted by molar-refractivity contribution is 0.0109. The van der Waals surface area contributed by atoms with Gasteiger partial charge in [-0.15, -0.1) is 0 Å². The zero-order chi connectivity index (χ0) is 17.4. The minimum atomic E-state index is -1.51. The third-order valence-electron chi connectivity index (χ3n) is 3.35. The van der Waals surface area contributed by atoms with Crippen LogP contribution in [0.4, 0.5) is 22.4 Å². The topological polar surface area (TPSA) is 41.6 Å². The van der Waals surface area contributed by atoms with Crippen LogP contribution in [0.5, 0.6) is 0 Å². The quantitative estimate of drug-likeness (QED) is 0.634. The van der Waals surface area contributed by atoms with Crippen LogP contribution in [0.1, 0.15) is 32.4 Å². The van der Waals surface area contributed by atoms with Crippen molar-refractivity contribution >= 4 is 6.09 Å². The molecule has 4 nitrogen and oxygen atoms in total. The highest BCUT2D eigenvalue weighted by atomic mass is 19.2. The molecular weight excluding hydrogens is 316 g/mol. The Morgan fingerprint density at radius 3 is 2.30 bits per heavy atom. The van der Waals surface area contributed by atoms with Gasteiger partial charge >= 0.3 is 6.09 Å². The van der Waals surface area contributed by atoms with Crippen LogP contribution in [0.15, 0.2) is 6.07 Å². The highest BCUT2D eigenvalue weighted by molar-refractivity contribution is 5.69. The number of ether oxygens (including phenoxy) is 1. The monoisotopic (exact) mass is 334 g/mol. The van der Waals surface area contributed by atoms with Crippen molar-refractivity contribution in [3.63, 3.8) is 0 Å². The number of benzene rings is 1. The predicted molar refractivity (Wildman–Crippen MR) is 74.8 cm³/mol. The molecule has 1 N–H and O–H groups in total. The minimum Gasteiger partial charge on any atom is -0.444 e. The van der Waals surface area contributed by atoms with Crippen LogP contribution in [0.3, 0.4) is 0 Å². The highest BCUT2D eigenvalue weighted by Gasteiger charge is 2.36. The first-order valence-corrected chi connectivity index (χ1v) is 7.15. The van der Waals surface area contributed by atoms with E-state index in [1.165, 1.54) is 0 Å². The molecule has 2 rings (SSSR count). The molecule has 128 valence electrons. The fourth-order valence-electron chi connectivity index (χ4n) is 2.39. The second kappa shape index (κ2) is 6.35. The van der Waals surface area contributed by atoms with Crippen LogP contribution < -0.4 is 5.32 Å². The van der Waals surface area contributed by atoms with Crippen molar-refractivity contribution in [1.82, 2.24) is 10.2 Å². The van der Waals surface area contributed by atoms with E-state index in [1.54, 1.807) is 20.8 Å². The summed E-state index contributed by atoms with van der Waals surface area (Å²) in [4.78, 5) is 13.3. The maximum absolute atomic E-state index is 14.0. The summed E-state index contributed by atoms with van der Waals surface area (Å²) in [7, 11) is 0. The van der Waals surface area contributed by atoms with Gasteiger partial charge in [-0.2, -0.15) is 0 Å². The summed E-state index contributed by atoms with van der Waals surface area (Å²) in [5.41, 5.74) is -1.63. The summed E-state index contributed by atoms with van der Waals surface area (Å²) in [5, 5.41) is 2.85. The van der Waals surface area contributed by atoms with Gasteiger partial charge in [-0.3, -0.25) is 4.90 Å². The molecule has 0 bridgehead atoms. The average molecular weight is 334 g/mol. The molecule has 0 aliphatic carbocycles. The van der Waals surface area contributed by atoms with Crippen molar-refractivity contribution < 1.29 is 27.1 Å². The fraction of sp³-hybridized carbons (Fsp3) is 0.533. The normalized spacial score (nSPS) is 18.9. The summed E-state index contributed by atoms with van der Waals surface area (Å²) in [6.07, 6.45) is -0.799. The van der Waals surface area contributed by atoms with Crippen LogP contribution in [-0.4, -0.2) is 36.2 Å². The van der Waals surface area contributed by atoms with Gasteiger partial charge in [0.2, 0.25) is 0 Å². The van der Waals surface area contributed by atoms with E-state index in [-0.39, 0.29) is 19.2 Å². The van der Waals surface area contributed by atoms with E-state index in [1.807, 2.05) is 0 Å². The lowest BCUT2D eigenvalue weighted by Gasteiger charge is -2.37. The van der Waals surface area contributed by atoms with Gasteiger partial charge in [0.15, 0.2) is 23.3 Å². The molecule has 23 heavy (non-hydrogen) atoms. The number of carbonyl (C=O) groups is 1. The molecule has 0 saturated carbocycles. The lowest BCUT2D eigenvalue weighted by Crippen LogP contribution is -2.50. The van der Waals surface area contributed by atoms with Gasteiger partial charge in [0.05, 0.1) is 11.6 Å². The first kappa shape index (κ1) is 17.5. The van der Waals surface area contributed by atoms with Gasteiger partial charge in [0.1, 0.15) is 5.60 Å². The molecule has 0 spiro atoms. The van der Waals surface area contributed by atoms with Gasteiger partial charge < -0.3 is 10.1 Å². The number of carbonyl (C=O) groups excluding carboxylic acids is 1. The molecule has 1 aliphatic heterocycles. The summed E-state index contributed by atoms with van der Waals surface area (Å²) in [5.74, 6) is -6.03. The maximum Gasteiger partial charge on any atom is 0.410 e. The Hall–Kier alpha value is -1.83. The Bertz CT molecular complexity index is 590. The molecule has 1 heterocycles. The molecule has 1 atom stereocenters. The van der Waals surface area contributed by atoms with Crippen LogP contribution in [0, 0.1) is 23.3 Å². The molecule has 1 aliphatic rings. The average Bonchev–Trinajstić information content (AvgIpc) is 2.44. The van der Waals surface area contributed by atoms with E-state index < -0.39 is 46.6 Å². The maximum atomic E-state index is 14.0. The van der Waals surface area contributed by atoms with E-state index in [9.17, 15) is 22.4 Å². The van der Waals surface area contributed by atoms with E-state index >= 15 is 0 Å². The van der Waals surface area contributed by atoms with Crippen LogP contribution >= 0.6 is 0 Å². The van der Waals surface area contributed by atoms with Gasteiger partial charge in [-0.25, -0.2) is 22.4 Å². The van der Waals surface area contributed by atoms with Crippen molar-refractivity contribution in [3.8, 4) is 0 Å². The van der Waals surface area contributed by atoms with E-state index in [4.69, 9.17) is 4.74 Å². The zero-order valence-corrected chi connectivity index (χ0v) is 13.1. The largest absolute Gasteiger partial charge is 0.444 e. The highest BCUT2D eigenvalue weighted by Crippen LogP contribution is 2.31. The first-order chi connectivity index (χ1) is 10.6. The predicted octanol–water partition coefficient (Wildman–Crippen LogP) is 3.12. The molecular formula is C15H18F4N2O2. The Balaban J connectivity index is 2.42. The van der Waals surface area contributed by atoms with Gasteiger partial charge in [0.25, 0.3) is 0 Å². The number of nitrogens with one attached hydrogen (secondary N) is 1. The number of hydrogen-bond acceptors (Lipinski definition) is 3. The van der Waals surface area contributed by atoms with Crippen molar-refractivity contribution in [2.45, 2.75) is 32.4 Å². The third kappa shape index (κ3) is 3.74. The van der Waals surface area contributed by atoms with E-state index in [0.29, 0.717) is 6.54 Å². The summed E-state index contributed by atoms with van der Waals surface area (Å²) in [6, 6.07) is -1.06. The number of piperazine rings is 1. The Morgan fingerprint density at radius 2 is 1.78 bits per heavy atom. The molecule has 1 amide bonds. The fourth-order valence-corrected chi connectivity index (χ4v) is 2.39. The SMILES string of the molecule is CC(C)(C)OC(=O)N1CCNCC1c1c(F)c(F)cc(F)c1F. The molecule has 1 unspecified atom stereocenters. The Morgan fingerprint density at radius 1 is 1.22 bits per heavy atom. The van der Waals surface area contributed by atoms with Crippen molar-refractivity contribution in [2.24, 2.45) is 0 Å². The molecule has 1 fully saturated rings. The third-order valence-corrected chi connectivity index (χ3v) is 3.35. The molecule has 8 heteroatoms. The summed E-state index contributed by atoms with van der Waals surface area (Å²) < 4.78 is 60.1. The molecule has 1 aromatic carbocycles. The number of rotatable bonds is 1. The standard InChI is InChI=1S/C15H18F4N2O2/c1-15(2,3)23-14(22)21-5-4-20-7-10(21)11-12(18)8(16)6-9(17)13(11)19/h6,10,20H,4-5,7H2,1-3H3. The minimum absolute atomic E-state index is 0.0457. The smallest absolute Gasteiger partial charge is 0.410 e. The number of amides is 1. The van der Waals surface area contributed by atoms with E-state index in [2.05, 4.69) is 5.32 Å². The van der Waals surface area contributed by atoms with Crippen molar-refractivity contribution in [1.29, 1.82) is 0 Å². The van der Waals surface area contributed by atoms with Crippen molar-refractivity contribution in [2.75, 3.05) is 19.6 Å². The summed E-state index contributed by atoms with van der Waals surface area (Å²) in [6.45, 7) is 5.35. The zero-order valence-electron chi connectivity index (χ0n) is 13.1. The van der Waals surface area contributed by atoms with Gasteiger partial charge in [-0.05, 0) is 20.8 Å². The number of halogens is 4. The number of nitrogens with zero attached hydrogens (tertiary/aromatic N) is 1. The molecule has 1 saturated heterocycles. The second-order valence-corrected chi connectivity index (χ2v) is 6.28. The van der Waals surface area contributed by atoms with Gasteiger partial charge in [0, 0.05) is 25.7 Å². The molecule has 1 aromatic rings. The molecule has 0 aromatic heterocycles. The molecule has 0 radical (unpaired) electrons.